The van der Waals surface area contributed by atoms with Gasteiger partial charge in [0.15, 0.2) is 0 Å². The molecule has 4 aliphatic rings. The summed E-state index contributed by atoms with van der Waals surface area (Å²) in [4.78, 5) is 27.7. The quantitative estimate of drug-likeness (QED) is 0.832. The number of benzene rings is 1. The van der Waals surface area contributed by atoms with Crippen LogP contribution in [0.5, 0.6) is 0 Å². The Labute approximate surface area is 147 Å². The molecule has 5 rings (SSSR count). The molecule has 0 aromatic heterocycles. The van der Waals surface area contributed by atoms with Crippen LogP contribution in [0.4, 0.5) is 5.69 Å². The summed E-state index contributed by atoms with van der Waals surface area (Å²) in [6.07, 6.45) is 1.95. The molecule has 132 valence electrons. The van der Waals surface area contributed by atoms with Gasteiger partial charge < -0.3 is 10.1 Å². The maximum Gasteiger partial charge on any atom is 0.311 e. The Hall–Kier alpha value is -1.88. The highest BCUT2D eigenvalue weighted by Crippen LogP contribution is 2.61. The van der Waals surface area contributed by atoms with Crippen LogP contribution in [0.15, 0.2) is 24.3 Å². The van der Waals surface area contributed by atoms with Crippen LogP contribution in [0.25, 0.3) is 0 Å². The molecule has 5 nitrogen and oxygen atoms in total. The summed E-state index contributed by atoms with van der Waals surface area (Å²) in [5, 5.41) is 3.67. The van der Waals surface area contributed by atoms with Gasteiger partial charge in [-0.1, -0.05) is 18.2 Å². The molecule has 1 N–H and O–H groups in total. The van der Waals surface area contributed by atoms with Gasteiger partial charge in [-0.25, -0.2) is 0 Å². The number of anilines is 1. The average Bonchev–Trinajstić information content (AvgIpc) is 3.17. The topological polar surface area (TPSA) is 58.6 Å². The number of para-hydroxylation sites is 1. The molecule has 0 radical (unpaired) electrons. The van der Waals surface area contributed by atoms with Gasteiger partial charge >= 0.3 is 5.97 Å². The average molecular weight is 340 g/mol. The maximum atomic E-state index is 12.8. The summed E-state index contributed by atoms with van der Waals surface area (Å²) in [6.45, 7) is 3.46. The monoisotopic (exact) mass is 340 g/mol. The number of piperidine rings is 1. The summed E-state index contributed by atoms with van der Waals surface area (Å²) in [7, 11) is 1.47. The minimum Gasteiger partial charge on any atom is -0.469 e. The number of nitrogens with one attached hydrogen (secondary N) is 1. The van der Waals surface area contributed by atoms with Gasteiger partial charge in [-0.05, 0) is 43.9 Å². The Balaban J connectivity index is 1.69. The van der Waals surface area contributed by atoms with E-state index in [1.54, 1.807) is 6.92 Å². The van der Waals surface area contributed by atoms with Crippen molar-refractivity contribution < 1.29 is 14.3 Å². The Morgan fingerprint density at radius 3 is 2.88 bits per heavy atom. The summed E-state index contributed by atoms with van der Waals surface area (Å²) in [6, 6.07) is 8.91. The summed E-state index contributed by atoms with van der Waals surface area (Å²) >= 11 is 0. The number of esters is 1. The van der Waals surface area contributed by atoms with Crippen molar-refractivity contribution in [2.24, 2.45) is 17.8 Å². The van der Waals surface area contributed by atoms with Gasteiger partial charge in [0.05, 0.1) is 19.1 Å². The molecule has 3 aliphatic heterocycles. The van der Waals surface area contributed by atoms with Crippen LogP contribution in [-0.2, 0) is 19.7 Å². The van der Waals surface area contributed by atoms with Crippen molar-refractivity contribution in [3.63, 3.8) is 0 Å². The van der Waals surface area contributed by atoms with Crippen molar-refractivity contribution in [1.29, 1.82) is 0 Å². The predicted molar refractivity (Wildman–Crippen MR) is 93.3 cm³/mol. The van der Waals surface area contributed by atoms with E-state index < -0.39 is 0 Å². The zero-order chi connectivity index (χ0) is 17.3. The first-order chi connectivity index (χ1) is 12.1. The number of carbonyl (C=O) groups excluding carboxylic acids is 2. The predicted octanol–water partition coefficient (Wildman–Crippen LogP) is 1.82. The fourth-order valence-corrected chi connectivity index (χ4v) is 6.45. The van der Waals surface area contributed by atoms with Gasteiger partial charge in [-0.15, -0.1) is 0 Å². The Morgan fingerprint density at radius 1 is 1.32 bits per heavy atom. The Morgan fingerprint density at radius 2 is 2.12 bits per heavy atom. The van der Waals surface area contributed by atoms with Crippen LogP contribution in [0.2, 0.25) is 0 Å². The standard InChI is InChI=1S/C20H24N2O3/c1-11(23)13-10-22-8-7-20-14-5-3-4-6-15(14)21-18(20)17(19(24)25-2)12(13)9-16(20)22/h3-6,12-13,16-18,21H,7-10H2,1-2H3/t12-,13-,16-,17?,18-,20+/m0/s1. The third-order valence-corrected chi connectivity index (χ3v) is 7.40. The minimum atomic E-state index is -0.261. The fraction of sp³-hybridized carbons (Fsp3) is 0.600. The van der Waals surface area contributed by atoms with E-state index in [0.29, 0.717) is 6.04 Å². The van der Waals surface area contributed by atoms with Crippen LogP contribution < -0.4 is 5.32 Å². The number of rotatable bonds is 2. The van der Waals surface area contributed by atoms with Gasteiger partial charge in [-0.3, -0.25) is 14.5 Å². The van der Waals surface area contributed by atoms with Gasteiger partial charge in [0.25, 0.3) is 0 Å². The van der Waals surface area contributed by atoms with Crippen molar-refractivity contribution >= 4 is 17.4 Å². The van der Waals surface area contributed by atoms with Gasteiger partial charge in [0.1, 0.15) is 5.78 Å². The number of ether oxygens (including phenoxy) is 1. The molecule has 25 heavy (non-hydrogen) atoms. The lowest BCUT2D eigenvalue weighted by molar-refractivity contribution is -0.156. The van der Waals surface area contributed by atoms with E-state index in [4.69, 9.17) is 4.74 Å². The van der Waals surface area contributed by atoms with Crippen molar-refractivity contribution in [2.45, 2.75) is 37.3 Å². The number of hydrogen-bond donors (Lipinski definition) is 1. The number of nitrogens with zero attached hydrogens (tertiary/aromatic N) is 1. The van der Waals surface area contributed by atoms with E-state index in [0.717, 1.165) is 31.6 Å². The molecule has 5 heteroatoms. The number of Topliss-reactive ketones (excluding diaryl/α,β-unsaturated/α-hetero) is 1. The van der Waals surface area contributed by atoms with Crippen molar-refractivity contribution in [1.82, 2.24) is 4.90 Å². The molecule has 2 saturated heterocycles. The SMILES string of the molecule is COC(=O)C1[C@H]2C[C@@H]3N(CC[C@@]34c3ccccc3N[C@@H]14)C[C@H]2C(C)=O. The number of methoxy groups -OCH3 is 1. The maximum absolute atomic E-state index is 12.8. The molecule has 0 amide bonds. The first-order valence-corrected chi connectivity index (χ1v) is 9.26. The van der Waals surface area contributed by atoms with Crippen LogP contribution in [0.1, 0.15) is 25.3 Å². The molecule has 1 spiro atoms. The number of hydrogen-bond acceptors (Lipinski definition) is 5. The highest BCUT2D eigenvalue weighted by molar-refractivity contribution is 5.83. The van der Waals surface area contributed by atoms with Crippen molar-refractivity contribution in [3.8, 4) is 0 Å². The van der Waals surface area contributed by atoms with E-state index in [9.17, 15) is 9.59 Å². The smallest absolute Gasteiger partial charge is 0.311 e. The van der Waals surface area contributed by atoms with Crippen LogP contribution >= 0.6 is 0 Å². The minimum absolute atomic E-state index is 0.0215. The second kappa shape index (κ2) is 5.07. The first kappa shape index (κ1) is 15.4. The Kier molecular flexibility index (Phi) is 3.12. The third kappa shape index (κ3) is 1.77. The van der Waals surface area contributed by atoms with E-state index in [-0.39, 0.29) is 41.0 Å². The molecule has 1 aliphatic carbocycles. The van der Waals surface area contributed by atoms with E-state index in [1.807, 2.05) is 6.07 Å². The summed E-state index contributed by atoms with van der Waals surface area (Å²) < 4.78 is 5.22. The van der Waals surface area contributed by atoms with Gasteiger partial charge in [-0.2, -0.15) is 0 Å². The molecular formula is C20H24N2O3. The zero-order valence-electron chi connectivity index (χ0n) is 14.7. The molecule has 1 aromatic carbocycles. The van der Waals surface area contributed by atoms with E-state index in [2.05, 4.69) is 28.4 Å². The summed E-state index contributed by atoms with van der Waals surface area (Å²) in [5.41, 5.74) is 2.46. The molecule has 3 heterocycles. The molecule has 1 aromatic rings. The number of fused-ring (bicyclic) bond motifs is 2. The molecule has 1 unspecified atom stereocenters. The number of carbonyl (C=O) groups is 2. The summed E-state index contributed by atoms with van der Waals surface area (Å²) in [5.74, 6) is -0.221. The molecule has 1 saturated carbocycles. The van der Waals surface area contributed by atoms with E-state index >= 15 is 0 Å². The van der Waals surface area contributed by atoms with Gasteiger partial charge in [0.2, 0.25) is 0 Å². The van der Waals surface area contributed by atoms with Crippen LogP contribution in [0.3, 0.4) is 0 Å². The first-order valence-electron chi connectivity index (χ1n) is 9.26. The lowest BCUT2D eigenvalue weighted by Crippen LogP contribution is -2.65. The van der Waals surface area contributed by atoms with Gasteiger partial charge in [0, 0.05) is 29.6 Å². The van der Waals surface area contributed by atoms with Crippen molar-refractivity contribution in [2.75, 3.05) is 25.5 Å². The lowest BCUT2D eigenvalue weighted by atomic mass is 9.54. The zero-order valence-corrected chi connectivity index (χ0v) is 14.7. The third-order valence-electron chi connectivity index (χ3n) is 7.40. The molecule has 2 bridgehead atoms. The highest BCUT2D eigenvalue weighted by Gasteiger charge is 2.68. The molecule has 6 atom stereocenters. The van der Waals surface area contributed by atoms with Crippen LogP contribution in [-0.4, -0.2) is 48.9 Å². The fourth-order valence-electron chi connectivity index (χ4n) is 6.45. The second-order valence-electron chi connectivity index (χ2n) is 8.13. The van der Waals surface area contributed by atoms with Crippen molar-refractivity contribution in [3.05, 3.63) is 29.8 Å². The highest BCUT2D eigenvalue weighted by atomic mass is 16.5. The lowest BCUT2D eigenvalue weighted by Gasteiger charge is -2.55. The Bertz CT molecular complexity index is 763. The largest absolute Gasteiger partial charge is 0.469 e. The number of ketones is 1. The molecular weight excluding hydrogens is 316 g/mol. The normalized spacial score (nSPS) is 40.8. The molecule has 3 fully saturated rings. The van der Waals surface area contributed by atoms with Crippen LogP contribution in [0, 0.1) is 17.8 Å². The van der Waals surface area contributed by atoms with E-state index in [1.165, 1.54) is 12.7 Å². The second-order valence-corrected chi connectivity index (χ2v) is 8.13.